The average Bonchev–Trinajstić information content (AvgIpc) is 3.15. The second-order valence-corrected chi connectivity index (χ2v) is 6.54. The molecule has 132 valence electrons. The van der Waals surface area contributed by atoms with E-state index in [2.05, 4.69) is 36.2 Å². The molecule has 3 aliphatic rings. The fourth-order valence-electron chi connectivity index (χ4n) is 4.02. The van der Waals surface area contributed by atoms with Crippen molar-refractivity contribution in [1.82, 2.24) is 4.90 Å². The van der Waals surface area contributed by atoms with E-state index in [0.717, 1.165) is 40.7 Å². The van der Waals surface area contributed by atoms with Crippen molar-refractivity contribution in [2.45, 2.75) is 13.5 Å². The minimum Gasteiger partial charge on any atom is -0.493 e. The van der Waals surface area contributed by atoms with E-state index in [0.29, 0.717) is 0 Å². The average molecular weight is 349 g/mol. The zero-order valence-electron chi connectivity index (χ0n) is 15.0. The minimum absolute atomic E-state index is 0.289. The number of hydrogen-bond donors (Lipinski definition) is 0. The van der Waals surface area contributed by atoms with Crippen molar-refractivity contribution in [3.8, 4) is 23.0 Å². The zero-order chi connectivity index (χ0) is 17.8. The quantitative estimate of drug-likeness (QED) is 0.816. The van der Waals surface area contributed by atoms with Gasteiger partial charge in [0, 0.05) is 17.3 Å². The maximum absolute atomic E-state index is 5.73. The van der Waals surface area contributed by atoms with Gasteiger partial charge in [-0.1, -0.05) is 6.07 Å². The van der Waals surface area contributed by atoms with Gasteiger partial charge in [0.1, 0.15) is 0 Å². The number of rotatable bonds is 2. The summed E-state index contributed by atoms with van der Waals surface area (Å²) in [5, 5.41) is 0. The Hall–Kier alpha value is -3.08. The Morgan fingerprint density at radius 2 is 1.81 bits per heavy atom. The van der Waals surface area contributed by atoms with Crippen LogP contribution in [0.2, 0.25) is 0 Å². The molecular formula is C21H19NO4. The van der Waals surface area contributed by atoms with E-state index >= 15 is 0 Å². The topological polar surface area (TPSA) is 40.2 Å². The van der Waals surface area contributed by atoms with Gasteiger partial charge in [-0.05, 0) is 47.9 Å². The first-order valence-electron chi connectivity index (χ1n) is 8.55. The highest BCUT2D eigenvalue weighted by molar-refractivity contribution is 5.97. The first-order chi connectivity index (χ1) is 12.7. The van der Waals surface area contributed by atoms with Crippen LogP contribution in [0.5, 0.6) is 23.0 Å². The molecule has 0 unspecified atom stereocenters. The van der Waals surface area contributed by atoms with Crippen molar-refractivity contribution >= 4 is 17.3 Å². The second kappa shape index (κ2) is 5.46. The Bertz CT molecular complexity index is 990. The largest absolute Gasteiger partial charge is 0.493 e. The fraction of sp³-hybridized carbons (Fsp3) is 0.238. The number of allylic oxidation sites excluding steroid dienone is 1. The van der Waals surface area contributed by atoms with Crippen molar-refractivity contribution in [1.29, 1.82) is 0 Å². The summed E-state index contributed by atoms with van der Waals surface area (Å²) < 4.78 is 22.2. The van der Waals surface area contributed by atoms with Gasteiger partial charge in [-0.25, -0.2) is 0 Å². The van der Waals surface area contributed by atoms with Gasteiger partial charge in [0.2, 0.25) is 6.79 Å². The summed E-state index contributed by atoms with van der Waals surface area (Å²) in [6.07, 6.45) is 4.23. The number of nitrogens with zero attached hydrogens (tertiary/aromatic N) is 1. The summed E-state index contributed by atoms with van der Waals surface area (Å²) in [6.45, 7) is 3.19. The Morgan fingerprint density at radius 1 is 1.00 bits per heavy atom. The summed E-state index contributed by atoms with van der Waals surface area (Å²) in [7, 11) is 3.33. The summed E-state index contributed by atoms with van der Waals surface area (Å²) in [5.74, 6) is 3.17. The van der Waals surface area contributed by atoms with Crippen LogP contribution in [0.25, 0.3) is 17.3 Å². The van der Waals surface area contributed by atoms with Crippen LogP contribution in [-0.4, -0.2) is 25.9 Å². The highest BCUT2D eigenvalue weighted by Crippen LogP contribution is 2.48. The third-order valence-corrected chi connectivity index (χ3v) is 5.26. The number of ether oxygens (including phenoxy) is 4. The lowest BCUT2D eigenvalue weighted by molar-refractivity contribution is 0.173. The molecular weight excluding hydrogens is 330 g/mol. The fourth-order valence-corrected chi connectivity index (χ4v) is 4.02. The van der Waals surface area contributed by atoms with Crippen molar-refractivity contribution in [2.75, 3.05) is 21.0 Å². The van der Waals surface area contributed by atoms with Gasteiger partial charge in [-0.2, -0.15) is 0 Å². The highest BCUT2D eigenvalue weighted by atomic mass is 16.7. The molecule has 0 aliphatic carbocycles. The lowest BCUT2D eigenvalue weighted by atomic mass is 9.87. The summed E-state index contributed by atoms with van der Waals surface area (Å²) >= 11 is 0. The van der Waals surface area contributed by atoms with Gasteiger partial charge in [0.05, 0.1) is 26.5 Å². The first kappa shape index (κ1) is 15.2. The maximum Gasteiger partial charge on any atom is 0.231 e. The van der Waals surface area contributed by atoms with Crippen LogP contribution >= 0.6 is 0 Å². The molecule has 0 spiro atoms. The van der Waals surface area contributed by atoms with Crippen molar-refractivity contribution in [2.24, 2.45) is 0 Å². The van der Waals surface area contributed by atoms with E-state index in [4.69, 9.17) is 18.9 Å². The molecule has 0 radical (unpaired) electrons. The Labute approximate surface area is 152 Å². The number of methoxy groups -OCH3 is 2. The molecule has 0 bridgehead atoms. The van der Waals surface area contributed by atoms with Crippen molar-refractivity contribution < 1.29 is 18.9 Å². The van der Waals surface area contributed by atoms with E-state index in [1.54, 1.807) is 14.2 Å². The predicted octanol–water partition coefficient (Wildman–Crippen LogP) is 4.12. The molecule has 2 aromatic carbocycles. The molecule has 26 heavy (non-hydrogen) atoms. The van der Waals surface area contributed by atoms with Gasteiger partial charge in [0.15, 0.2) is 23.0 Å². The van der Waals surface area contributed by atoms with Crippen LogP contribution in [-0.2, 0) is 6.54 Å². The van der Waals surface area contributed by atoms with Crippen LogP contribution in [0, 0.1) is 0 Å². The number of benzene rings is 2. The van der Waals surface area contributed by atoms with Gasteiger partial charge in [-0.3, -0.25) is 0 Å². The van der Waals surface area contributed by atoms with Crippen LogP contribution < -0.4 is 18.9 Å². The van der Waals surface area contributed by atoms with E-state index in [-0.39, 0.29) is 6.79 Å². The summed E-state index contributed by atoms with van der Waals surface area (Å²) in [5.41, 5.74) is 7.05. The molecule has 0 fully saturated rings. The van der Waals surface area contributed by atoms with E-state index in [1.165, 1.54) is 22.4 Å². The monoisotopic (exact) mass is 349 g/mol. The van der Waals surface area contributed by atoms with Crippen LogP contribution in [0.3, 0.4) is 0 Å². The van der Waals surface area contributed by atoms with E-state index in [1.807, 2.05) is 12.1 Å². The van der Waals surface area contributed by atoms with Crippen molar-refractivity contribution in [3.05, 3.63) is 52.7 Å². The first-order valence-corrected chi connectivity index (χ1v) is 8.55. The molecule has 0 N–H and O–H groups in total. The molecule has 0 amide bonds. The third-order valence-electron chi connectivity index (χ3n) is 5.26. The van der Waals surface area contributed by atoms with Gasteiger partial charge < -0.3 is 23.8 Å². The molecule has 0 aromatic heterocycles. The number of hydrogen-bond acceptors (Lipinski definition) is 5. The summed E-state index contributed by atoms with van der Waals surface area (Å²) in [6, 6.07) is 8.20. The molecule has 0 saturated heterocycles. The van der Waals surface area contributed by atoms with Gasteiger partial charge in [-0.15, -0.1) is 0 Å². The normalized spacial score (nSPS) is 16.2. The molecule has 3 aliphatic heterocycles. The Morgan fingerprint density at radius 3 is 2.62 bits per heavy atom. The van der Waals surface area contributed by atoms with Gasteiger partial charge >= 0.3 is 0 Å². The Kier molecular flexibility index (Phi) is 3.19. The van der Waals surface area contributed by atoms with Gasteiger partial charge in [0.25, 0.3) is 0 Å². The molecule has 0 saturated carbocycles. The second-order valence-electron chi connectivity index (χ2n) is 6.54. The zero-order valence-corrected chi connectivity index (χ0v) is 15.0. The standard InChI is InChI=1S/C21H19NO4/c1-12-14-4-5-17-21(26-11-25-17)16(14)10-22-7-6-13-8-18(23-2)19(24-3)9-15(13)20(12)22/h4-9H,10-11H2,1-3H3. The highest BCUT2D eigenvalue weighted by Gasteiger charge is 2.31. The SMILES string of the molecule is COc1cc2c(cc1OC)C1=C(C)c3ccc4c(c3CN1C=C2)OCO4. The minimum atomic E-state index is 0.289. The lowest BCUT2D eigenvalue weighted by Gasteiger charge is -2.35. The van der Waals surface area contributed by atoms with Crippen molar-refractivity contribution in [3.63, 3.8) is 0 Å². The molecule has 0 atom stereocenters. The maximum atomic E-state index is 5.73. The number of fused-ring (bicyclic) bond motifs is 6. The molecule has 2 aromatic rings. The van der Waals surface area contributed by atoms with E-state index in [9.17, 15) is 0 Å². The van der Waals surface area contributed by atoms with E-state index < -0.39 is 0 Å². The predicted molar refractivity (Wildman–Crippen MR) is 99.2 cm³/mol. The van der Waals surface area contributed by atoms with Crippen LogP contribution in [0.1, 0.15) is 29.2 Å². The lowest BCUT2D eigenvalue weighted by Crippen LogP contribution is -2.24. The molecule has 5 rings (SSSR count). The Balaban J connectivity index is 1.74. The van der Waals surface area contributed by atoms with Crippen LogP contribution in [0.15, 0.2) is 30.5 Å². The molecule has 5 heteroatoms. The molecule has 5 nitrogen and oxygen atoms in total. The molecule has 3 heterocycles. The third kappa shape index (κ3) is 1.97. The summed E-state index contributed by atoms with van der Waals surface area (Å²) in [4.78, 5) is 2.26. The smallest absolute Gasteiger partial charge is 0.231 e. The van der Waals surface area contributed by atoms with Crippen LogP contribution in [0.4, 0.5) is 0 Å².